The largest absolute Gasteiger partial charge is 0.493 e. The van der Waals surface area contributed by atoms with E-state index in [0.29, 0.717) is 11.5 Å². The van der Waals surface area contributed by atoms with Gasteiger partial charge in [-0.05, 0) is 42.6 Å². The number of aromatic nitrogens is 2. The van der Waals surface area contributed by atoms with E-state index in [-0.39, 0.29) is 11.3 Å². The van der Waals surface area contributed by atoms with Gasteiger partial charge in [0.1, 0.15) is 5.82 Å². The van der Waals surface area contributed by atoms with Crippen LogP contribution in [0.3, 0.4) is 0 Å². The van der Waals surface area contributed by atoms with Crippen molar-refractivity contribution < 1.29 is 9.47 Å². The molecular weight excluding hydrogens is 388 g/mol. The van der Waals surface area contributed by atoms with Crippen LogP contribution in [0.2, 0.25) is 5.28 Å². The molecule has 4 rings (SSSR count). The third-order valence-corrected chi connectivity index (χ3v) is 5.44. The normalized spacial score (nSPS) is 17.3. The SMILES string of the molecule is COc1cc2nc(Cl)nc(NC3CCCN(Cc4ccccc4)C3)c2cc1OC. The zero-order chi connectivity index (χ0) is 20.2. The first-order valence-corrected chi connectivity index (χ1v) is 10.2. The molecule has 2 aromatic carbocycles. The lowest BCUT2D eigenvalue weighted by Gasteiger charge is -2.33. The predicted molar refractivity (Wildman–Crippen MR) is 116 cm³/mol. The Hall–Kier alpha value is -2.57. The molecule has 7 heteroatoms. The van der Waals surface area contributed by atoms with E-state index in [4.69, 9.17) is 21.1 Å². The Kier molecular flexibility index (Phi) is 6.02. The fourth-order valence-electron chi connectivity index (χ4n) is 3.89. The summed E-state index contributed by atoms with van der Waals surface area (Å²) in [5, 5.41) is 4.68. The first-order valence-electron chi connectivity index (χ1n) is 9.78. The minimum atomic E-state index is 0.212. The van der Waals surface area contributed by atoms with Crippen LogP contribution < -0.4 is 14.8 Å². The second kappa shape index (κ2) is 8.84. The third kappa shape index (κ3) is 4.54. The van der Waals surface area contributed by atoms with Gasteiger partial charge in [0.15, 0.2) is 11.5 Å². The summed E-state index contributed by atoms with van der Waals surface area (Å²) in [6.07, 6.45) is 2.22. The number of benzene rings is 2. The molecule has 29 heavy (non-hydrogen) atoms. The number of hydrogen-bond donors (Lipinski definition) is 1. The van der Waals surface area contributed by atoms with E-state index < -0.39 is 0 Å². The molecule has 2 heterocycles. The highest BCUT2D eigenvalue weighted by Crippen LogP contribution is 2.35. The maximum atomic E-state index is 6.20. The Morgan fingerprint density at radius 3 is 2.62 bits per heavy atom. The van der Waals surface area contributed by atoms with E-state index in [0.717, 1.165) is 49.2 Å². The summed E-state index contributed by atoms with van der Waals surface area (Å²) in [5.74, 6) is 1.99. The quantitative estimate of drug-likeness (QED) is 0.606. The fourth-order valence-corrected chi connectivity index (χ4v) is 4.06. The Bertz CT molecular complexity index is 983. The van der Waals surface area contributed by atoms with Crippen LogP contribution in [-0.4, -0.2) is 48.2 Å². The molecule has 1 aliphatic rings. The lowest BCUT2D eigenvalue weighted by molar-refractivity contribution is 0.208. The van der Waals surface area contributed by atoms with Crippen LogP contribution in [0.1, 0.15) is 18.4 Å². The third-order valence-electron chi connectivity index (χ3n) is 5.27. The summed E-state index contributed by atoms with van der Waals surface area (Å²) in [6, 6.07) is 14.6. The fraction of sp³-hybridized carbons (Fsp3) is 0.364. The summed E-state index contributed by atoms with van der Waals surface area (Å²) in [7, 11) is 3.23. The van der Waals surface area contributed by atoms with Gasteiger partial charge in [-0.15, -0.1) is 0 Å². The number of methoxy groups -OCH3 is 2. The molecule has 1 fully saturated rings. The van der Waals surface area contributed by atoms with Gasteiger partial charge >= 0.3 is 0 Å². The lowest BCUT2D eigenvalue weighted by Crippen LogP contribution is -2.41. The number of ether oxygens (including phenoxy) is 2. The molecular formula is C22H25ClN4O2. The average molecular weight is 413 g/mol. The summed E-state index contributed by atoms with van der Waals surface area (Å²) < 4.78 is 10.8. The van der Waals surface area contributed by atoms with Gasteiger partial charge in [-0.1, -0.05) is 30.3 Å². The molecule has 1 aliphatic heterocycles. The van der Waals surface area contributed by atoms with Crippen molar-refractivity contribution in [1.29, 1.82) is 0 Å². The highest BCUT2D eigenvalue weighted by molar-refractivity contribution is 6.28. The molecule has 0 saturated carbocycles. The monoisotopic (exact) mass is 412 g/mol. The van der Waals surface area contributed by atoms with Crippen LogP contribution in [0.4, 0.5) is 5.82 Å². The van der Waals surface area contributed by atoms with Crippen molar-refractivity contribution in [2.24, 2.45) is 0 Å². The van der Waals surface area contributed by atoms with Gasteiger partial charge in [0, 0.05) is 30.6 Å². The van der Waals surface area contributed by atoms with Gasteiger partial charge in [0.25, 0.3) is 0 Å². The number of hydrogen-bond acceptors (Lipinski definition) is 6. The van der Waals surface area contributed by atoms with Crippen LogP contribution in [0.25, 0.3) is 10.9 Å². The van der Waals surface area contributed by atoms with E-state index in [1.807, 2.05) is 12.1 Å². The molecule has 3 aromatic rings. The first kappa shape index (κ1) is 19.7. The van der Waals surface area contributed by atoms with Gasteiger partial charge in [-0.2, -0.15) is 0 Å². The van der Waals surface area contributed by atoms with Gasteiger partial charge in [-0.25, -0.2) is 9.97 Å². The molecule has 1 unspecified atom stereocenters. The average Bonchev–Trinajstić information content (AvgIpc) is 2.73. The number of nitrogens with one attached hydrogen (secondary N) is 1. The lowest BCUT2D eigenvalue weighted by atomic mass is 10.0. The maximum Gasteiger partial charge on any atom is 0.224 e. The Labute approximate surface area is 175 Å². The van der Waals surface area contributed by atoms with Crippen molar-refractivity contribution in [2.75, 3.05) is 32.6 Å². The topological polar surface area (TPSA) is 59.5 Å². The second-order valence-electron chi connectivity index (χ2n) is 7.27. The molecule has 152 valence electrons. The van der Waals surface area contributed by atoms with E-state index in [1.165, 1.54) is 5.56 Å². The molecule has 1 atom stereocenters. The van der Waals surface area contributed by atoms with Crippen LogP contribution in [0.15, 0.2) is 42.5 Å². The number of fused-ring (bicyclic) bond motifs is 1. The van der Waals surface area contributed by atoms with Gasteiger partial charge < -0.3 is 14.8 Å². The van der Waals surface area contributed by atoms with Gasteiger partial charge in [0.2, 0.25) is 5.28 Å². The second-order valence-corrected chi connectivity index (χ2v) is 7.61. The van der Waals surface area contributed by atoms with Crippen LogP contribution >= 0.6 is 11.6 Å². The van der Waals surface area contributed by atoms with Crippen molar-refractivity contribution in [3.8, 4) is 11.5 Å². The summed E-state index contributed by atoms with van der Waals surface area (Å²) in [6.45, 7) is 3.00. The van der Waals surface area contributed by atoms with Crippen LogP contribution in [0, 0.1) is 0 Å². The van der Waals surface area contributed by atoms with Gasteiger partial charge in [0.05, 0.1) is 19.7 Å². The summed E-state index contributed by atoms with van der Waals surface area (Å²) in [4.78, 5) is 11.3. The molecule has 0 amide bonds. The number of halogens is 1. The van der Waals surface area contributed by atoms with Crippen LogP contribution in [-0.2, 0) is 6.54 Å². The minimum Gasteiger partial charge on any atom is -0.493 e. The number of nitrogens with zero attached hydrogens (tertiary/aromatic N) is 3. The summed E-state index contributed by atoms with van der Waals surface area (Å²) in [5.41, 5.74) is 2.06. The first-order chi connectivity index (χ1) is 14.2. The van der Waals surface area contributed by atoms with Crippen molar-refractivity contribution in [2.45, 2.75) is 25.4 Å². The Balaban J connectivity index is 1.56. The van der Waals surface area contributed by atoms with Gasteiger partial charge in [-0.3, -0.25) is 4.90 Å². The van der Waals surface area contributed by atoms with E-state index in [9.17, 15) is 0 Å². The van der Waals surface area contributed by atoms with Crippen LogP contribution in [0.5, 0.6) is 11.5 Å². The minimum absolute atomic E-state index is 0.212. The Morgan fingerprint density at radius 2 is 1.86 bits per heavy atom. The number of likely N-dealkylation sites (tertiary alicyclic amines) is 1. The van der Waals surface area contributed by atoms with E-state index in [1.54, 1.807) is 14.2 Å². The standard InChI is InChI=1S/C22H25ClN4O2/c1-28-19-11-17-18(12-20(19)29-2)25-22(23)26-21(17)24-16-9-6-10-27(14-16)13-15-7-4-3-5-8-15/h3-5,7-8,11-12,16H,6,9-10,13-14H2,1-2H3,(H,24,25,26). The number of rotatable bonds is 6. The van der Waals surface area contributed by atoms with Crippen molar-refractivity contribution in [3.05, 3.63) is 53.3 Å². The molecule has 1 N–H and O–H groups in total. The zero-order valence-corrected chi connectivity index (χ0v) is 17.4. The van der Waals surface area contributed by atoms with Crippen molar-refractivity contribution in [3.63, 3.8) is 0 Å². The summed E-state index contributed by atoms with van der Waals surface area (Å²) >= 11 is 6.20. The zero-order valence-electron chi connectivity index (χ0n) is 16.7. The molecule has 0 aliphatic carbocycles. The molecule has 1 saturated heterocycles. The van der Waals surface area contributed by atoms with E-state index >= 15 is 0 Å². The molecule has 1 aromatic heterocycles. The molecule has 0 radical (unpaired) electrons. The molecule has 0 bridgehead atoms. The van der Waals surface area contributed by atoms with Crippen molar-refractivity contribution in [1.82, 2.24) is 14.9 Å². The van der Waals surface area contributed by atoms with E-state index in [2.05, 4.69) is 50.5 Å². The molecule has 6 nitrogen and oxygen atoms in total. The number of piperidine rings is 1. The molecule has 0 spiro atoms. The highest BCUT2D eigenvalue weighted by atomic mass is 35.5. The predicted octanol–water partition coefficient (Wildman–Crippen LogP) is 4.38. The highest BCUT2D eigenvalue weighted by Gasteiger charge is 2.22. The number of anilines is 1. The maximum absolute atomic E-state index is 6.20. The Morgan fingerprint density at radius 1 is 1.10 bits per heavy atom. The van der Waals surface area contributed by atoms with Crippen molar-refractivity contribution >= 4 is 28.3 Å². The smallest absolute Gasteiger partial charge is 0.224 e.